The molecule has 0 spiro atoms. The minimum atomic E-state index is -0.0719. The highest BCUT2D eigenvalue weighted by molar-refractivity contribution is 5.93. The van der Waals surface area contributed by atoms with Crippen molar-refractivity contribution in [1.29, 1.82) is 0 Å². The van der Waals surface area contributed by atoms with Crippen LogP contribution in [-0.2, 0) is 6.54 Å². The van der Waals surface area contributed by atoms with E-state index >= 15 is 0 Å². The Morgan fingerprint density at radius 1 is 1.16 bits per heavy atom. The SMILES string of the molecule is Cc1ccc(CNC(=O)c2ccncc2)c(C)c1.Cl. The van der Waals surface area contributed by atoms with Crippen LogP contribution in [0.3, 0.4) is 0 Å². The Hall–Kier alpha value is -1.87. The van der Waals surface area contributed by atoms with Crippen molar-refractivity contribution in [1.82, 2.24) is 10.3 Å². The Labute approximate surface area is 119 Å². The molecule has 0 aliphatic rings. The van der Waals surface area contributed by atoms with Gasteiger partial charge in [-0.2, -0.15) is 0 Å². The van der Waals surface area contributed by atoms with Crippen LogP contribution in [-0.4, -0.2) is 10.9 Å². The molecule has 0 unspecified atom stereocenters. The molecule has 1 heterocycles. The Bertz CT molecular complexity index is 555. The van der Waals surface area contributed by atoms with E-state index in [-0.39, 0.29) is 18.3 Å². The topological polar surface area (TPSA) is 42.0 Å². The molecule has 0 saturated carbocycles. The normalized spacial score (nSPS) is 9.58. The van der Waals surface area contributed by atoms with E-state index in [1.165, 1.54) is 11.1 Å². The number of hydrogen-bond acceptors (Lipinski definition) is 2. The van der Waals surface area contributed by atoms with Crippen molar-refractivity contribution >= 4 is 18.3 Å². The maximum absolute atomic E-state index is 11.9. The van der Waals surface area contributed by atoms with Crippen LogP contribution in [0.5, 0.6) is 0 Å². The van der Waals surface area contributed by atoms with Gasteiger partial charge in [-0.25, -0.2) is 0 Å². The first-order valence-corrected chi connectivity index (χ1v) is 5.91. The number of carbonyl (C=O) groups is 1. The molecule has 4 heteroatoms. The molecular weight excluding hydrogens is 260 g/mol. The van der Waals surface area contributed by atoms with Gasteiger partial charge in [-0.1, -0.05) is 23.8 Å². The van der Waals surface area contributed by atoms with Gasteiger partial charge >= 0.3 is 0 Å². The van der Waals surface area contributed by atoms with Gasteiger partial charge in [0.15, 0.2) is 0 Å². The van der Waals surface area contributed by atoms with Gasteiger partial charge in [0.2, 0.25) is 0 Å². The van der Waals surface area contributed by atoms with Gasteiger partial charge in [-0.05, 0) is 37.1 Å². The molecule has 2 aromatic rings. The number of aryl methyl sites for hydroxylation is 2. The van der Waals surface area contributed by atoms with Gasteiger partial charge in [-0.15, -0.1) is 12.4 Å². The van der Waals surface area contributed by atoms with Crippen molar-refractivity contribution in [2.75, 3.05) is 0 Å². The largest absolute Gasteiger partial charge is 0.348 e. The molecule has 19 heavy (non-hydrogen) atoms. The van der Waals surface area contributed by atoms with Crippen LogP contribution in [0.2, 0.25) is 0 Å². The summed E-state index contributed by atoms with van der Waals surface area (Å²) in [5.41, 5.74) is 4.21. The molecular formula is C15H17ClN2O. The molecule has 1 aromatic carbocycles. The second-order valence-electron chi connectivity index (χ2n) is 4.35. The minimum absolute atomic E-state index is 0. The standard InChI is InChI=1S/C15H16N2O.ClH/c1-11-3-4-14(12(2)9-11)10-17-15(18)13-5-7-16-8-6-13;/h3-9H,10H2,1-2H3,(H,17,18);1H. The maximum atomic E-state index is 11.9. The van der Waals surface area contributed by atoms with E-state index in [1.807, 2.05) is 0 Å². The first-order chi connectivity index (χ1) is 8.66. The van der Waals surface area contributed by atoms with Gasteiger partial charge in [0, 0.05) is 24.5 Å². The summed E-state index contributed by atoms with van der Waals surface area (Å²) in [6.07, 6.45) is 3.23. The number of amides is 1. The molecule has 0 aliphatic heterocycles. The van der Waals surface area contributed by atoms with Gasteiger partial charge in [0.1, 0.15) is 0 Å². The van der Waals surface area contributed by atoms with Crippen LogP contribution in [0.4, 0.5) is 0 Å². The molecule has 1 N–H and O–H groups in total. The minimum Gasteiger partial charge on any atom is -0.348 e. The van der Waals surface area contributed by atoms with Crippen LogP contribution >= 0.6 is 12.4 Å². The lowest BCUT2D eigenvalue weighted by atomic mass is 10.1. The molecule has 0 bridgehead atoms. The lowest BCUT2D eigenvalue weighted by molar-refractivity contribution is 0.0951. The molecule has 2 rings (SSSR count). The molecule has 3 nitrogen and oxygen atoms in total. The fourth-order valence-corrected chi connectivity index (χ4v) is 1.83. The molecule has 1 aromatic heterocycles. The number of nitrogens with zero attached hydrogens (tertiary/aromatic N) is 1. The lowest BCUT2D eigenvalue weighted by Gasteiger charge is -2.08. The van der Waals surface area contributed by atoms with E-state index in [9.17, 15) is 4.79 Å². The van der Waals surface area contributed by atoms with E-state index in [1.54, 1.807) is 24.5 Å². The first kappa shape index (κ1) is 15.2. The number of benzene rings is 1. The van der Waals surface area contributed by atoms with Crippen molar-refractivity contribution in [2.24, 2.45) is 0 Å². The number of halogens is 1. The Kier molecular flexibility index (Phi) is 5.52. The van der Waals surface area contributed by atoms with Crippen LogP contribution in [0.15, 0.2) is 42.7 Å². The molecule has 0 saturated heterocycles. The first-order valence-electron chi connectivity index (χ1n) is 5.91. The van der Waals surface area contributed by atoms with E-state index in [4.69, 9.17) is 0 Å². The van der Waals surface area contributed by atoms with Crippen molar-refractivity contribution in [3.05, 3.63) is 65.0 Å². The number of rotatable bonds is 3. The second-order valence-corrected chi connectivity index (χ2v) is 4.35. The van der Waals surface area contributed by atoms with Crippen LogP contribution in [0.1, 0.15) is 27.0 Å². The average molecular weight is 277 g/mol. The quantitative estimate of drug-likeness (QED) is 0.936. The Balaban J connectivity index is 0.00000180. The van der Waals surface area contributed by atoms with Crippen LogP contribution < -0.4 is 5.32 Å². The van der Waals surface area contributed by atoms with E-state index < -0.39 is 0 Å². The van der Waals surface area contributed by atoms with Crippen LogP contribution in [0.25, 0.3) is 0 Å². The smallest absolute Gasteiger partial charge is 0.251 e. The number of pyridine rings is 1. The summed E-state index contributed by atoms with van der Waals surface area (Å²) in [7, 11) is 0. The highest BCUT2D eigenvalue weighted by atomic mass is 35.5. The molecule has 0 aliphatic carbocycles. The maximum Gasteiger partial charge on any atom is 0.251 e. The molecule has 0 fully saturated rings. The van der Waals surface area contributed by atoms with Gasteiger partial charge < -0.3 is 5.32 Å². The summed E-state index contributed by atoms with van der Waals surface area (Å²) >= 11 is 0. The third-order valence-corrected chi connectivity index (χ3v) is 2.88. The molecule has 0 radical (unpaired) electrons. The fourth-order valence-electron chi connectivity index (χ4n) is 1.83. The van der Waals surface area contributed by atoms with Crippen molar-refractivity contribution in [3.63, 3.8) is 0 Å². The molecule has 1 amide bonds. The van der Waals surface area contributed by atoms with E-state index in [0.29, 0.717) is 12.1 Å². The summed E-state index contributed by atoms with van der Waals surface area (Å²) in [5.74, 6) is -0.0719. The van der Waals surface area contributed by atoms with Gasteiger partial charge in [-0.3, -0.25) is 9.78 Å². The van der Waals surface area contributed by atoms with E-state index in [2.05, 4.69) is 42.3 Å². The van der Waals surface area contributed by atoms with Crippen molar-refractivity contribution < 1.29 is 4.79 Å². The third-order valence-electron chi connectivity index (χ3n) is 2.88. The number of nitrogens with one attached hydrogen (secondary N) is 1. The fraction of sp³-hybridized carbons (Fsp3) is 0.200. The summed E-state index contributed by atoms with van der Waals surface area (Å²) in [4.78, 5) is 15.7. The lowest BCUT2D eigenvalue weighted by Crippen LogP contribution is -2.23. The second kappa shape index (κ2) is 6.90. The predicted octanol–water partition coefficient (Wildman–Crippen LogP) is 3.05. The number of hydrogen-bond donors (Lipinski definition) is 1. The summed E-state index contributed by atoms with van der Waals surface area (Å²) in [5, 5.41) is 2.91. The zero-order valence-corrected chi connectivity index (χ0v) is 11.8. The number of carbonyl (C=O) groups excluding carboxylic acids is 1. The Morgan fingerprint density at radius 2 is 1.84 bits per heavy atom. The predicted molar refractivity (Wildman–Crippen MR) is 78.6 cm³/mol. The zero-order valence-electron chi connectivity index (χ0n) is 11.0. The summed E-state index contributed by atoms with van der Waals surface area (Å²) in [6, 6.07) is 9.64. The number of aromatic nitrogens is 1. The Morgan fingerprint density at radius 3 is 2.47 bits per heavy atom. The molecule has 0 atom stereocenters. The summed E-state index contributed by atoms with van der Waals surface area (Å²) < 4.78 is 0. The summed E-state index contributed by atoms with van der Waals surface area (Å²) in [6.45, 7) is 4.67. The molecule has 100 valence electrons. The van der Waals surface area contributed by atoms with Crippen molar-refractivity contribution in [3.8, 4) is 0 Å². The zero-order chi connectivity index (χ0) is 13.0. The van der Waals surface area contributed by atoms with Gasteiger partial charge in [0.05, 0.1) is 0 Å². The van der Waals surface area contributed by atoms with Gasteiger partial charge in [0.25, 0.3) is 5.91 Å². The third kappa shape index (κ3) is 4.07. The highest BCUT2D eigenvalue weighted by Crippen LogP contribution is 2.10. The van der Waals surface area contributed by atoms with Crippen LogP contribution in [0, 0.1) is 13.8 Å². The van der Waals surface area contributed by atoms with E-state index in [0.717, 1.165) is 5.56 Å². The highest BCUT2D eigenvalue weighted by Gasteiger charge is 2.05. The monoisotopic (exact) mass is 276 g/mol. The van der Waals surface area contributed by atoms with Crippen molar-refractivity contribution in [2.45, 2.75) is 20.4 Å². The average Bonchev–Trinajstić information content (AvgIpc) is 2.38.